The Morgan fingerprint density at radius 2 is 1.67 bits per heavy atom. The van der Waals surface area contributed by atoms with E-state index in [1.807, 2.05) is 42.5 Å². The average Bonchev–Trinajstić information content (AvgIpc) is 2.85. The number of hydrogen-bond donors (Lipinski definition) is 0. The second-order valence-electron chi connectivity index (χ2n) is 9.64. The number of piperazine rings is 1. The van der Waals surface area contributed by atoms with Gasteiger partial charge in [0.05, 0.1) is 18.7 Å². The average molecular weight is 491 g/mol. The third kappa shape index (κ3) is 5.76. The first-order valence-electron chi connectivity index (χ1n) is 11.7. The second kappa shape index (κ2) is 10.3. The summed E-state index contributed by atoms with van der Waals surface area (Å²) in [5, 5.41) is 2.14. The molecule has 0 bridgehead atoms. The van der Waals surface area contributed by atoms with Gasteiger partial charge >= 0.3 is 12.1 Å². The molecule has 1 atom stereocenters. The number of benzene rings is 3. The third-order valence-electron chi connectivity index (χ3n) is 5.77. The van der Waals surface area contributed by atoms with E-state index in [9.17, 15) is 14.4 Å². The fourth-order valence-electron chi connectivity index (χ4n) is 4.12. The Hall–Kier alpha value is -4.07. The maximum absolute atomic E-state index is 13.3. The maximum atomic E-state index is 13.3. The van der Waals surface area contributed by atoms with Gasteiger partial charge in [-0.3, -0.25) is 9.69 Å². The van der Waals surface area contributed by atoms with Gasteiger partial charge in [-0.1, -0.05) is 30.3 Å². The zero-order chi connectivity index (χ0) is 25.9. The first-order valence-corrected chi connectivity index (χ1v) is 11.7. The fourth-order valence-corrected chi connectivity index (χ4v) is 4.12. The number of methoxy groups -OCH3 is 1. The van der Waals surface area contributed by atoms with Crippen molar-refractivity contribution in [3.63, 3.8) is 0 Å². The quantitative estimate of drug-likeness (QED) is 0.484. The van der Waals surface area contributed by atoms with E-state index in [0.717, 1.165) is 10.8 Å². The van der Waals surface area contributed by atoms with Crippen LogP contribution in [-0.2, 0) is 14.3 Å². The minimum absolute atomic E-state index is 0.125. The van der Waals surface area contributed by atoms with Crippen LogP contribution in [-0.4, -0.2) is 61.3 Å². The Morgan fingerprint density at radius 1 is 0.972 bits per heavy atom. The summed E-state index contributed by atoms with van der Waals surface area (Å²) in [6.45, 7) is 5.61. The van der Waals surface area contributed by atoms with Gasteiger partial charge in [0, 0.05) is 12.2 Å². The Morgan fingerprint density at radius 3 is 2.33 bits per heavy atom. The van der Waals surface area contributed by atoms with Crippen molar-refractivity contribution >= 4 is 34.4 Å². The van der Waals surface area contributed by atoms with E-state index in [-0.39, 0.29) is 25.6 Å². The molecular weight excluding hydrogens is 460 g/mol. The molecule has 8 heteroatoms. The summed E-state index contributed by atoms with van der Waals surface area (Å²) in [5.41, 5.74) is 0.298. The summed E-state index contributed by atoms with van der Waals surface area (Å²) < 4.78 is 16.4. The lowest BCUT2D eigenvalue weighted by Crippen LogP contribution is -2.60. The molecule has 1 aliphatic heterocycles. The Bertz CT molecular complexity index is 1270. The van der Waals surface area contributed by atoms with Gasteiger partial charge in [-0.05, 0) is 67.9 Å². The number of amides is 2. The number of hydrogen-bond acceptors (Lipinski definition) is 6. The molecule has 188 valence electrons. The highest BCUT2D eigenvalue weighted by Gasteiger charge is 2.38. The normalized spacial score (nSPS) is 16.1. The molecule has 0 aromatic heterocycles. The minimum atomic E-state index is -0.682. The molecule has 8 nitrogen and oxygen atoms in total. The smallest absolute Gasteiger partial charge is 0.410 e. The molecule has 0 saturated carbocycles. The van der Waals surface area contributed by atoms with Crippen molar-refractivity contribution in [2.75, 3.05) is 31.7 Å². The fraction of sp³-hybridized carbons (Fsp3) is 0.321. The van der Waals surface area contributed by atoms with Crippen LogP contribution in [0, 0.1) is 0 Å². The van der Waals surface area contributed by atoms with Crippen molar-refractivity contribution in [1.82, 2.24) is 4.90 Å². The molecule has 0 N–H and O–H groups in total. The van der Waals surface area contributed by atoms with Crippen LogP contribution >= 0.6 is 0 Å². The molecular formula is C28H30N2O6. The van der Waals surface area contributed by atoms with E-state index in [0.29, 0.717) is 17.0 Å². The van der Waals surface area contributed by atoms with Crippen LogP contribution in [0.15, 0.2) is 66.7 Å². The molecule has 0 radical (unpaired) electrons. The van der Waals surface area contributed by atoms with Crippen LogP contribution in [0.1, 0.15) is 31.1 Å². The van der Waals surface area contributed by atoms with Gasteiger partial charge in [0.15, 0.2) is 0 Å². The molecule has 1 fully saturated rings. The van der Waals surface area contributed by atoms with Crippen LogP contribution < -0.4 is 9.64 Å². The lowest BCUT2D eigenvalue weighted by molar-refractivity contribution is -0.122. The monoisotopic (exact) mass is 490 g/mol. The SMILES string of the molecule is COC(=O)c1ccc(N2C(=O)CN(C(=O)OC(C)(C)C)C[C@@H]2COc2ccc3ccccc3c2)cc1. The van der Waals surface area contributed by atoms with E-state index in [1.54, 1.807) is 49.9 Å². The van der Waals surface area contributed by atoms with E-state index in [4.69, 9.17) is 14.2 Å². The van der Waals surface area contributed by atoms with Crippen molar-refractivity contribution in [3.05, 3.63) is 72.3 Å². The molecule has 0 unspecified atom stereocenters. The number of anilines is 1. The summed E-state index contributed by atoms with van der Waals surface area (Å²) in [7, 11) is 1.32. The highest BCUT2D eigenvalue weighted by atomic mass is 16.6. The topological polar surface area (TPSA) is 85.4 Å². The van der Waals surface area contributed by atoms with Gasteiger partial charge in [0.25, 0.3) is 0 Å². The molecule has 1 heterocycles. The van der Waals surface area contributed by atoms with Crippen molar-refractivity contribution in [3.8, 4) is 5.75 Å². The standard InChI is InChI=1S/C28H30N2O6/c1-28(2,3)36-27(33)29-16-23(18-35-24-14-11-19-7-5-6-8-21(19)15-24)30(25(31)17-29)22-12-9-20(10-13-22)26(32)34-4/h5-15,23H,16-18H2,1-4H3/t23-/m1/s1. The van der Waals surface area contributed by atoms with Crippen LogP contribution in [0.3, 0.4) is 0 Å². The van der Waals surface area contributed by atoms with Crippen molar-refractivity contribution < 1.29 is 28.6 Å². The van der Waals surface area contributed by atoms with E-state index < -0.39 is 23.7 Å². The predicted molar refractivity (Wildman–Crippen MR) is 136 cm³/mol. The van der Waals surface area contributed by atoms with Crippen molar-refractivity contribution in [1.29, 1.82) is 0 Å². The molecule has 0 aliphatic carbocycles. The Kier molecular flexibility index (Phi) is 7.15. The van der Waals surface area contributed by atoms with Crippen molar-refractivity contribution in [2.24, 2.45) is 0 Å². The van der Waals surface area contributed by atoms with Crippen molar-refractivity contribution in [2.45, 2.75) is 32.4 Å². The number of esters is 1. The first kappa shape index (κ1) is 25.0. The predicted octanol–water partition coefficient (Wildman–Crippen LogP) is 4.66. The second-order valence-corrected chi connectivity index (χ2v) is 9.64. The van der Waals surface area contributed by atoms with E-state index >= 15 is 0 Å². The zero-order valence-corrected chi connectivity index (χ0v) is 20.9. The summed E-state index contributed by atoms with van der Waals surface area (Å²) in [6, 6.07) is 19.9. The maximum Gasteiger partial charge on any atom is 0.410 e. The molecule has 2 amide bonds. The summed E-state index contributed by atoms with van der Waals surface area (Å²) >= 11 is 0. The van der Waals surface area contributed by atoms with Crippen LogP contribution in [0.4, 0.5) is 10.5 Å². The van der Waals surface area contributed by atoms with E-state index in [2.05, 4.69) is 0 Å². The molecule has 36 heavy (non-hydrogen) atoms. The molecule has 0 spiro atoms. The number of carbonyl (C=O) groups excluding carboxylic acids is 3. The summed E-state index contributed by atoms with van der Waals surface area (Å²) in [6.07, 6.45) is -0.549. The number of rotatable bonds is 5. The molecule has 3 aromatic carbocycles. The number of fused-ring (bicyclic) bond motifs is 1. The zero-order valence-electron chi connectivity index (χ0n) is 20.9. The molecule has 3 aromatic rings. The highest BCUT2D eigenvalue weighted by molar-refractivity contribution is 5.98. The Balaban J connectivity index is 1.58. The van der Waals surface area contributed by atoms with Gasteiger partial charge in [-0.15, -0.1) is 0 Å². The van der Waals surface area contributed by atoms with Crippen LogP contribution in [0.25, 0.3) is 10.8 Å². The summed E-state index contributed by atoms with van der Waals surface area (Å²) in [5.74, 6) is -0.0691. The van der Waals surface area contributed by atoms with Gasteiger partial charge in [0.2, 0.25) is 5.91 Å². The summed E-state index contributed by atoms with van der Waals surface area (Å²) in [4.78, 5) is 40.9. The lowest BCUT2D eigenvalue weighted by atomic mass is 10.1. The molecule has 4 rings (SSSR count). The van der Waals surface area contributed by atoms with Crippen LogP contribution in [0.2, 0.25) is 0 Å². The largest absolute Gasteiger partial charge is 0.491 e. The first-order chi connectivity index (χ1) is 17.1. The van der Waals surface area contributed by atoms with E-state index in [1.165, 1.54) is 12.0 Å². The minimum Gasteiger partial charge on any atom is -0.491 e. The van der Waals surface area contributed by atoms with Gasteiger partial charge in [-0.2, -0.15) is 0 Å². The lowest BCUT2D eigenvalue weighted by Gasteiger charge is -2.41. The number of ether oxygens (including phenoxy) is 3. The Labute approximate surface area is 210 Å². The number of nitrogens with zero attached hydrogens (tertiary/aromatic N) is 2. The van der Waals surface area contributed by atoms with Gasteiger partial charge < -0.3 is 19.1 Å². The third-order valence-corrected chi connectivity index (χ3v) is 5.77. The molecule has 1 saturated heterocycles. The highest BCUT2D eigenvalue weighted by Crippen LogP contribution is 2.26. The molecule has 1 aliphatic rings. The van der Waals surface area contributed by atoms with Crippen LogP contribution in [0.5, 0.6) is 5.75 Å². The van der Waals surface area contributed by atoms with Gasteiger partial charge in [-0.25, -0.2) is 9.59 Å². The van der Waals surface area contributed by atoms with Gasteiger partial charge in [0.1, 0.15) is 24.5 Å². The number of carbonyl (C=O) groups is 3.